The summed E-state index contributed by atoms with van der Waals surface area (Å²) in [6.45, 7) is 4.20. The normalized spacial score (nSPS) is 26.1. The lowest BCUT2D eigenvalue weighted by Crippen LogP contribution is -2.47. The van der Waals surface area contributed by atoms with E-state index in [9.17, 15) is 9.90 Å². The lowest BCUT2D eigenvalue weighted by Gasteiger charge is -2.34. The highest BCUT2D eigenvalue weighted by Crippen LogP contribution is 2.29. The van der Waals surface area contributed by atoms with Crippen LogP contribution >= 0.6 is 0 Å². The van der Waals surface area contributed by atoms with Crippen molar-refractivity contribution in [3.05, 3.63) is 35.9 Å². The molecule has 0 aliphatic carbocycles. The molecule has 1 amide bonds. The summed E-state index contributed by atoms with van der Waals surface area (Å²) in [6.07, 6.45) is 6.08. The van der Waals surface area contributed by atoms with E-state index in [4.69, 9.17) is 4.74 Å². The lowest BCUT2D eigenvalue weighted by atomic mass is 9.98. The van der Waals surface area contributed by atoms with Crippen molar-refractivity contribution >= 4 is 11.5 Å². The van der Waals surface area contributed by atoms with Crippen LogP contribution in [-0.2, 0) is 9.53 Å². The van der Waals surface area contributed by atoms with Crippen molar-refractivity contribution in [1.29, 1.82) is 0 Å². The van der Waals surface area contributed by atoms with Crippen molar-refractivity contribution < 1.29 is 14.6 Å². The molecule has 2 saturated heterocycles. The van der Waals surface area contributed by atoms with Crippen molar-refractivity contribution in [3.63, 3.8) is 0 Å². The lowest BCUT2D eigenvalue weighted by molar-refractivity contribution is -0.135. The van der Waals surface area contributed by atoms with Gasteiger partial charge < -0.3 is 14.7 Å². The van der Waals surface area contributed by atoms with Gasteiger partial charge in [-0.25, -0.2) is 0 Å². The average Bonchev–Trinajstić information content (AvgIpc) is 3.05. The van der Waals surface area contributed by atoms with E-state index >= 15 is 0 Å². The van der Waals surface area contributed by atoms with Crippen LogP contribution in [0.25, 0.3) is 5.57 Å². The van der Waals surface area contributed by atoms with Crippen LogP contribution in [0, 0.1) is 0 Å². The highest BCUT2D eigenvalue weighted by Gasteiger charge is 2.39. The van der Waals surface area contributed by atoms with Crippen molar-refractivity contribution in [2.75, 3.05) is 32.8 Å². The summed E-state index contributed by atoms with van der Waals surface area (Å²) in [5.41, 5.74) is 2.47. The first-order valence-electron chi connectivity index (χ1n) is 9.33. The number of phenols is 1. The number of amides is 1. The smallest absolute Gasteiger partial charge is 0.240 e. The van der Waals surface area contributed by atoms with Crippen LogP contribution in [0.1, 0.15) is 31.2 Å². The van der Waals surface area contributed by atoms with Gasteiger partial charge >= 0.3 is 0 Å². The van der Waals surface area contributed by atoms with Gasteiger partial charge in [-0.2, -0.15) is 0 Å². The van der Waals surface area contributed by atoms with Crippen molar-refractivity contribution in [2.45, 2.75) is 37.8 Å². The average molecular weight is 342 g/mol. The molecule has 3 aliphatic rings. The molecule has 134 valence electrons. The van der Waals surface area contributed by atoms with Gasteiger partial charge in [0.1, 0.15) is 5.75 Å². The fourth-order valence-corrected chi connectivity index (χ4v) is 4.29. The second kappa shape index (κ2) is 7.18. The fraction of sp³-hybridized carbons (Fsp3) is 0.550. The van der Waals surface area contributed by atoms with Gasteiger partial charge in [-0.05, 0) is 49.0 Å². The standard InChI is InChI=1S/C20H26N2O3/c23-18-3-1-15(2-4-18)16-5-10-21(11-6-16)19-7-12-22(20(19)24)17-8-13-25-14-9-17/h1-5,17,19,23H,6-14H2/t19-/m1/s1. The number of hydrogen-bond acceptors (Lipinski definition) is 4. The van der Waals surface area contributed by atoms with Gasteiger partial charge in [0, 0.05) is 38.9 Å². The summed E-state index contributed by atoms with van der Waals surface area (Å²) < 4.78 is 5.43. The number of carbonyl (C=O) groups excluding carboxylic acids is 1. The second-order valence-corrected chi connectivity index (χ2v) is 7.20. The quantitative estimate of drug-likeness (QED) is 0.915. The van der Waals surface area contributed by atoms with Gasteiger partial charge in [0.15, 0.2) is 0 Å². The van der Waals surface area contributed by atoms with E-state index in [0.29, 0.717) is 17.7 Å². The Hall–Kier alpha value is -1.85. The molecule has 3 heterocycles. The molecule has 2 fully saturated rings. The number of rotatable bonds is 3. The minimum absolute atomic E-state index is 0.0421. The molecule has 1 aromatic rings. The molecule has 1 atom stereocenters. The largest absolute Gasteiger partial charge is 0.508 e. The molecule has 0 bridgehead atoms. The topological polar surface area (TPSA) is 53.0 Å². The molecular weight excluding hydrogens is 316 g/mol. The molecule has 25 heavy (non-hydrogen) atoms. The van der Waals surface area contributed by atoms with Crippen molar-refractivity contribution in [3.8, 4) is 5.75 Å². The molecule has 5 nitrogen and oxygen atoms in total. The number of phenolic OH excluding ortho intramolecular Hbond substituents is 1. The van der Waals surface area contributed by atoms with Crippen molar-refractivity contribution in [2.24, 2.45) is 0 Å². The molecule has 4 rings (SSSR count). The summed E-state index contributed by atoms with van der Waals surface area (Å²) in [5.74, 6) is 0.611. The maximum atomic E-state index is 12.9. The Labute approximate surface area is 148 Å². The molecule has 3 aliphatic heterocycles. The Bertz CT molecular complexity index is 649. The minimum Gasteiger partial charge on any atom is -0.508 e. The van der Waals surface area contributed by atoms with Crippen molar-refractivity contribution in [1.82, 2.24) is 9.80 Å². The van der Waals surface area contributed by atoms with E-state index < -0.39 is 0 Å². The van der Waals surface area contributed by atoms with E-state index in [-0.39, 0.29) is 6.04 Å². The molecule has 0 radical (unpaired) electrons. The Kier molecular flexibility index (Phi) is 4.77. The molecular formula is C20H26N2O3. The molecule has 5 heteroatoms. The molecule has 0 unspecified atom stereocenters. The highest BCUT2D eigenvalue weighted by molar-refractivity contribution is 5.84. The number of nitrogens with zero attached hydrogens (tertiary/aromatic N) is 2. The number of likely N-dealkylation sites (tertiary alicyclic amines) is 1. The highest BCUT2D eigenvalue weighted by atomic mass is 16.5. The second-order valence-electron chi connectivity index (χ2n) is 7.20. The SMILES string of the molecule is O=C1[C@H](N2CC=C(c3ccc(O)cc3)CC2)CCN1C1CCOCC1. The van der Waals surface area contributed by atoms with Crippen LogP contribution in [-0.4, -0.2) is 65.7 Å². The first kappa shape index (κ1) is 16.6. The summed E-state index contributed by atoms with van der Waals surface area (Å²) >= 11 is 0. The zero-order chi connectivity index (χ0) is 17.2. The van der Waals surface area contributed by atoms with Crippen LogP contribution in [0.4, 0.5) is 0 Å². The number of hydrogen-bond donors (Lipinski definition) is 1. The predicted molar refractivity (Wildman–Crippen MR) is 96.2 cm³/mol. The third kappa shape index (κ3) is 3.44. The first-order chi connectivity index (χ1) is 12.2. The van der Waals surface area contributed by atoms with Gasteiger partial charge in [0.05, 0.1) is 6.04 Å². The first-order valence-corrected chi connectivity index (χ1v) is 9.33. The van der Waals surface area contributed by atoms with E-state index in [2.05, 4.69) is 15.9 Å². The fourth-order valence-electron chi connectivity index (χ4n) is 4.29. The van der Waals surface area contributed by atoms with Crippen LogP contribution in [0.15, 0.2) is 30.3 Å². The summed E-state index contributed by atoms with van der Waals surface area (Å²) in [6, 6.07) is 7.80. The van der Waals surface area contributed by atoms with Gasteiger partial charge in [-0.15, -0.1) is 0 Å². The third-order valence-corrected chi connectivity index (χ3v) is 5.76. The molecule has 1 aromatic carbocycles. The Morgan fingerprint density at radius 2 is 1.80 bits per heavy atom. The Morgan fingerprint density at radius 3 is 2.48 bits per heavy atom. The van der Waals surface area contributed by atoms with Crippen LogP contribution in [0.3, 0.4) is 0 Å². The summed E-state index contributed by atoms with van der Waals surface area (Å²) in [5, 5.41) is 9.42. The van der Waals surface area contributed by atoms with Gasteiger partial charge in [0.25, 0.3) is 0 Å². The number of carbonyl (C=O) groups is 1. The molecule has 0 saturated carbocycles. The molecule has 0 aromatic heterocycles. The maximum absolute atomic E-state index is 12.9. The zero-order valence-corrected chi connectivity index (χ0v) is 14.6. The predicted octanol–water partition coefficient (Wildman–Crippen LogP) is 2.26. The summed E-state index contributed by atoms with van der Waals surface area (Å²) in [4.78, 5) is 17.3. The minimum atomic E-state index is 0.0421. The van der Waals surface area contributed by atoms with E-state index in [1.54, 1.807) is 12.1 Å². The van der Waals surface area contributed by atoms with Crippen LogP contribution in [0.2, 0.25) is 0 Å². The van der Waals surface area contributed by atoms with Crippen LogP contribution < -0.4 is 0 Å². The monoisotopic (exact) mass is 342 g/mol. The van der Waals surface area contributed by atoms with Gasteiger partial charge in [-0.3, -0.25) is 9.69 Å². The number of benzene rings is 1. The zero-order valence-electron chi connectivity index (χ0n) is 14.6. The molecule has 0 spiro atoms. The van der Waals surface area contributed by atoms with Gasteiger partial charge in [-0.1, -0.05) is 18.2 Å². The van der Waals surface area contributed by atoms with E-state index in [1.165, 1.54) is 11.1 Å². The Morgan fingerprint density at radius 1 is 1.04 bits per heavy atom. The maximum Gasteiger partial charge on any atom is 0.240 e. The number of ether oxygens (including phenoxy) is 1. The van der Waals surface area contributed by atoms with E-state index in [1.807, 2.05) is 12.1 Å². The van der Waals surface area contributed by atoms with E-state index in [0.717, 1.165) is 58.5 Å². The third-order valence-electron chi connectivity index (χ3n) is 5.76. The number of aromatic hydroxyl groups is 1. The van der Waals surface area contributed by atoms with Gasteiger partial charge in [0.2, 0.25) is 5.91 Å². The van der Waals surface area contributed by atoms with Crippen LogP contribution in [0.5, 0.6) is 5.75 Å². The summed E-state index contributed by atoms with van der Waals surface area (Å²) in [7, 11) is 0. The Balaban J connectivity index is 1.39. The molecule has 1 N–H and O–H groups in total.